The molecule has 10 rings (SSSR count). The lowest BCUT2D eigenvalue weighted by atomic mass is 9.58. The number of benzene rings is 4. The van der Waals surface area contributed by atoms with E-state index in [1.54, 1.807) is 0 Å². The van der Waals surface area contributed by atoms with Crippen LogP contribution in [0.1, 0.15) is 86.1 Å². The van der Waals surface area contributed by atoms with E-state index in [0.29, 0.717) is 0 Å². The standard InChI is InChI=1S/C44H38N2/c1-41(2,3)35-23-13-25-45-39(35)29-17-11-21-33-37(29)44(45)38-30(40-36(42(4,5)6)24-14-26-46(40)44)18-12-22-34(38)43(33)31-19-9-7-15-27(31)28-16-8-10-20-32(28)43/h7-26H,1-6H3/q+2. The Morgan fingerprint density at radius 1 is 0.413 bits per heavy atom. The molecule has 0 N–H and O–H groups in total. The summed E-state index contributed by atoms with van der Waals surface area (Å²) in [7, 11) is 0. The second-order valence-electron chi connectivity index (χ2n) is 15.8. The Labute approximate surface area is 271 Å². The minimum absolute atomic E-state index is 0.0306. The monoisotopic (exact) mass is 594 g/mol. The third kappa shape index (κ3) is 2.71. The van der Waals surface area contributed by atoms with Crippen LogP contribution in [0.25, 0.3) is 33.6 Å². The number of hydrogen-bond donors (Lipinski definition) is 0. The lowest BCUT2D eigenvalue weighted by molar-refractivity contribution is -0.955. The first-order chi connectivity index (χ1) is 22.1. The fourth-order valence-corrected chi connectivity index (χ4v) is 9.88. The molecule has 2 spiro atoms. The van der Waals surface area contributed by atoms with Gasteiger partial charge in [0.2, 0.25) is 11.4 Å². The van der Waals surface area contributed by atoms with Crippen LogP contribution in [0.15, 0.2) is 122 Å². The van der Waals surface area contributed by atoms with Crippen molar-refractivity contribution in [1.82, 2.24) is 0 Å². The summed E-state index contributed by atoms with van der Waals surface area (Å²) in [5.74, 6) is 0. The number of aromatic nitrogens is 2. The molecule has 0 saturated heterocycles. The molecule has 4 aromatic carbocycles. The molecule has 222 valence electrons. The molecule has 0 unspecified atom stereocenters. The fourth-order valence-electron chi connectivity index (χ4n) is 9.88. The smallest absolute Gasteiger partial charge is 0.125 e. The Morgan fingerprint density at radius 3 is 1.24 bits per heavy atom. The first-order valence-corrected chi connectivity index (χ1v) is 16.7. The lowest BCUT2D eigenvalue weighted by Crippen LogP contribution is -2.73. The third-order valence-electron chi connectivity index (χ3n) is 11.4. The summed E-state index contributed by atoms with van der Waals surface area (Å²) in [5.41, 5.74) is 18.2. The molecule has 46 heavy (non-hydrogen) atoms. The molecule has 4 aliphatic rings. The van der Waals surface area contributed by atoms with Gasteiger partial charge in [0.05, 0.1) is 16.5 Å². The third-order valence-corrected chi connectivity index (χ3v) is 11.4. The summed E-state index contributed by atoms with van der Waals surface area (Å²) in [6.45, 7) is 14.1. The minimum atomic E-state index is -0.539. The molecule has 0 saturated carbocycles. The van der Waals surface area contributed by atoms with E-state index in [4.69, 9.17) is 0 Å². The number of rotatable bonds is 0. The highest BCUT2D eigenvalue weighted by Crippen LogP contribution is 2.66. The number of fused-ring (bicyclic) bond motifs is 11. The SMILES string of the molecule is CC(C)(C)c1ccc[n+]2c1-c1cccc3c1C21c2c(cccc2C32c3ccccc3-c3ccccc32)-c2c(C(C)(C)C)ccc[n+]21. The van der Waals surface area contributed by atoms with Gasteiger partial charge < -0.3 is 0 Å². The highest BCUT2D eigenvalue weighted by Gasteiger charge is 2.74. The van der Waals surface area contributed by atoms with Crippen molar-refractivity contribution in [3.05, 3.63) is 166 Å². The molecule has 0 fully saturated rings. The second kappa shape index (κ2) is 8.12. The zero-order valence-electron chi connectivity index (χ0n) is 27.4. The minimum Gasteiger partial charge on any atom is -0.125 e. The Morgan fingerprint density at radius 2 is 0.804 bits per heavy atom. The molecule has 2 aromatic heterocycles. The summed E-state index contributed by atoms with van der Waals surface area (Å²) < 4.78 is 5.29. The highest BCUT2D eigenvalue weighted by molar-refractivity contribution is 5.92. The first kappa shape index (κ1) is 26.4. The van der Waals surface area contributed by atoms with Gasteiger partial charge in [-0.2, -0.15) is 0 Å². The van der Waals surface area contributed by atoms with Crippen molar-refractivity contribution in [3.63, 3.8) is 0 Å². The Kier molecular flexibility index (Phi) is 4.66. The first-order valence-electron chi connectivity index (χ1n) is 16.7. The van der Waals surface area contributed by atoms with E-state index in [2.05, 4.69) is 172 Å². The average Bonchev–Trinajstić information content (AvgIpc) is 3.64. The van der Waals surface area contributed by atoms with Crippen molar-refractivity contribution in [1.29, 1.82) is 0 Å². The lowest BCUT2D eigenvalue weighted by Gasteiger charge is -2.41. The van der Waals surface area contributed by atoms with Crippen LogP contribution in [0.2, 0.25) is 0 Å². The molecule has 2 heteroatoms. The van der Waals surface area contributed by atoms with Gasteiger partial charge in [0.15, 0.2) is 12.4 Å². The van der Waals surface area contributed by atoms with E-state index in [0.717, 1.165) is 0 Å². The van der Waals surface area contributed by atoms with Crippen LogP contribution in [0.5, 0.6) is 0 Å². The summed E-state index contributed by atoms with van der Waals surface area (Å²) in [6.07, 6.45) is 4.71. The molecular formula is C44H38N2+2. The van der Waals surface area contributed by atoms with Gasteiger partial charge in [0.1, 0.15) is 11.1 Å². The van der Waals surface area contributed by atoms with Crippen LogP contribution in [0, 0.1) is 0 Å². The number of hydrogen-bond acceptors (Lipinski definition) is 0. The van der Waals surface area contributed by atoms with E-state index < -0.39 is 11.1 Å². The zero-order valence-corrected chi connectivity index (χ0v) is 27.4. The molecular weight excluding hydrogens is 556 g/mol. The zero-order chi connectivity index (χ0) is 31.4. The number of pyridine rings is 2. The fraction of sp³-hybridized carbons (Fsp3) is 0.227. The predicted octanol–water partition coefficient (Wildman–Crippen LogP) is 8.79. The van der Waals surface area contributed by atoms with E-state index in [9.17, 15) is 0 Å². The van der Waals surface area contributed by atoms with E-state index in [-0.39, 0.29) is 10.8 Å². The van der Waals surface area contributed by atoms with Crippen LogP contribution >= 0.6 is 0 Å². The Bertz CT molecular complexity index is 2180. The molecule has 2 aliphatic carbocycles. The molecule has 0 radical (unpaired) electrons. The van der Waals surface area contributed by atoms with Crippen LogP contribution in [0.3, 0.4) is 0 Å². The molecule has 6 aromatic rings. The largest absolute Gasteiger partial charge is 0.418 e. The second-order valence-corrected chi connectivity index (χ2v) is 15.8. The van der Waals surface area contributed by atoms with Crippen LogP contribution in [0.4, 0.5) is 0 Å². The van der Waals surface area contributed by atoms with E-state index in [1.807, 2.05) is 0 Å². The summed E-state index contributed by atoms with van der Waals surface area (Å²) in [4.78, 5) is 0. The molecule has 0 amide bonds. The van der Waals surface area contributed by atoms with Crippen LogP contribution in [-0.2, 0) is 21.9 Å². The van der Waals surface area contributed by atoms with Crippen molar-refractivity contribution in [2.24, 2.45) is 0 Å². The van der Waals surface area contributed by atoms with Crippen molar-refractivity contribution in [3.8, 4) is 33.6 Å². The van der Waals surface area contributed by atoms with Gasteiger partial charge in [0, 0.05) is 23.3 Å². The van der Waals surface area contributed by atoms with Gasteiger partial charge in [-0.15, -0.1) is 9.13 Å². The van der Waals surface area contributed by atoms with Crippen molar-refractivity contribution in [2.45, 2.75) is 63.5 Å². The molecule has 2 nitrogen and oxygen atoms in total. The molecule has 4 heterocycles. The quantitative estimate of drug-likeness (QED) is 0.155. The maximum absolute atomic E-state index is 2.65. The summed E-state index contributed by atoms with van der Waals surface area (Å²) in [5, 5.41) is 0. The number of nitrogens with zero attached hydrogens (tertiary/aromatic N) is 2. The average molecular weight is 595 g/mol. The predicted molar refractivity (Wildman–Crippen MR) is 184 cm³/mol. The van der Waals surface area contributed by atoms with Gasteiger partial charge in [-0.25, -0.2) is 0 Å². The van der Waals surface area contributed by atoms with Gasteiger partial charge in [-0.3, -0.25) is 0 Å². The normalized spacial score (nSPS) is 16.4. The van der Waals surface area contributed by atoms with Crippen LogP contribution < -0.4 is 9.13 Å². The Hall–Kier alpha value is -4.82. The van der Waals surface area contributed by atoms with Crippen molar-refractivity contribution < 1.29 is 9.13 Å². The van der Waals surface area contributed by atoms with Gasteiger partial charge in [-0.1, -0.05) is 114 Å². The highest BCUT2D eigenvalue weighted by atomic mass is 15.3. The van der Waals surface area contributed by atoms with Gasteiger partial charge in [0.25, 0.3) is 0 Å². The van der Waals surface area contributed by atoms with Crippen molar-refractivity contribution >= 4 is 0 Å². The van der Waals surface area contributed by atoms with Gasteiger partial charge in [-0.05, 0) is 68.5 Å². The topological polar surface area (TPSA) is 7.76 Å². The van der Waals surface area contributed by atoms with Crippen LogP contribution in [-0.4, -0.2) is 0 Å². The Balaban J connectivity index is 1.51. The summed E-state index contributed by atoms with van der Waals surface area (Å²) in [6, 6.07) is 42.0. The maximum Gasteiger partial charge on any atom is 0.418 e. The van der Waals surface area contributed by atoms with Crippen molar-refractivity contribution in [2.75, 3.05) is 0 Å². The molecule has 0 bridgehead atoms. The van der Waals surface area contributed by atoms with E-state index in [1.165, 1.54) is 78.1 Å². The van der Waals surface area contributed by atoms with Gasteiger partial charge >= 0.3 is 5.66 Å². The maximum atomic E-state index is 2.65. The van der Waals surface area contributed by atoms with E-state index >= 15 is 0 Å². The summed E-state index contributed by atoms with van der Waals surface area (Å²) >= 11 is 0. The molecule has 2 aliphatic heterocycles. The molecule has 0 atom stereocenters.